The number of carbonyl (C=O) groups is 1. The number of nitrogens with two attached hydrogens (primary N) is 2. The molecule has 0 radical (unpaired) electrons. The smallest absolute Gasteiger partial charge is 0.507 e. The summed E-state index contributed by atoms with van der Waals surface area (Å²) in [5, 5.41) is 19.3. The monoisotopic (exact) mass is 364 g/mol. The van der Waals surface area contributed by atoms with Crippen molar-refractivity contribution in [3.8, 4) is 28.7 Å². The average Bonchev–Trinajstić information content (AvgIpc) is 2.52. The summed E-state index contributed by atoms with van der Waals surface area (Å²) < 4.78 is 42.0. The summed E-state index contributed by atoms with van der Waals surface area (Å²) in [5.41, 5.74) is 9.03. The van der Waals surface area contributed by atoms with Crippen molar-refractivity contribution in [2.75, 3.05) is 0 Å². The van der Waals surface area contributed by atoms with Crippen molar-refractivity contribution in [1.29, 1.82) is 5.26 Å². The van der Waals surface area contributed by atoms with Gasteiger partial charge in [-0.15, -0.1) is 13.2 Å². The van der Waals surface area contributed by atoms with Gasteiger partial charge < -0.3 is 21.3 Å². The van der Waals surface area contributed by atoms with Gasteiger partial charge in [-0.2, -0.15) is 10.3 Å². The van der Waals surface area contributed by atoms with E-state index in [-0.39, 0.29) is 16.7 Å². The fourth-order valence-corrected chi connectivity index (χ4v) is 2.24. The highest BCUT2D eigenvalue weighted by atomic mass is 19.4. The fraction of sp³-hybridized carbons (Fsp3) is 0.0625. The Labute approximate surface area is 144 Å². The molecule has 7 nitrogen and oxygen atoms in total. The molecule has 0 aliphatic rings. The zero-order chi connectivity index (χ0) is 19.5. The Morgan fingerprint density at radius 3 is 2.42 bits per heavy atom. The Bertz CT molecular complexity index is 929. The van der Waals surface area contributed by atoms with Gasteiger partial charge in [0.15, 0.2) is 5.96 Å². The number of halogens is 3. The number of rotatable bonds is 3. The number of carbonyl (C=O) groups excluding carboxylic acids is 1. The van der Waals surface area contributed by atoms with Crippen molar-refractivity contribution in [1.82, 2.24) is 0 Å². The molecule has 134 valence electrons. The number of phenolic OH excluding ortho intramolecular Hbond substituents is 1. The molecule has 0 unspecified atom stereocenters. The van der Waals surface area contributed by atoms with E-state index < -0.39 is 35.3 Å². The number of nitriles is 1. The quantitative estimate of drug-likeness (QED) is 0.565. The summed E-state index contributed by atoms with van der Waals surface area (Å²) >= 11 is 0. The first kappa shape index (κ1) is 18.6. The highest BCUT2D eigenvalue weighted by molar-refractivity contribution is 6.09. The summed E-state index contributed by atoms with van der Waals surface area (Å²) in [6.45, 7) is 0. The molecule has 0 fully saturated rings. The maximum absolute atomic E-state index is 12.7. The van der Waals surface area contributed by atoms with Gasteiger partial charge in [-0.1, -0.05) is 18.2 Å². The molecule has 2 aromatic rings. The van der Waals surface area contributed by atoms with Gasteiger partial charge in [-0.3, -0.25) is 4.79 Å². The number of phenols is 1. The molecule has 0 bridgehead atoms. The first-order valence-electron chi connectivity index (χ1n) is 6.89. The summed E-state index contributed by atoms with van der Waals surface area (Å²) in [6, 6.07) is 8.77. The Hall–Kier alpha value is -3.74. The summed E-state index contributed by atoms with van der Waals surface area (Å²) in [6.07, 6.45) is -5.01. The molecule has 2 aromatic carbocycles. The van der Waals surface area contributed by atoms with Crippen LogP contribution in [0.15, 0.2) is 41.4 Å². The van der Waals surface area contributed by atoms with Gasteiger partial charge in [0, 0.05) is 11.1 Å². The highest BCUT2D eigenvalue weighted by Crippen LogP contribution is 2.40. The number of aliphatic imine (C=N–C) groups is 1. The topological polar surface area (TPSA) is 135 Å². The van der Waals surface area contributed by atoms with Crippen molar-refractivity contribution < 1.29 is 27.8 Å². The van der Waals surface area contributed by atoms with Gasteiger partial charge in [-0.05, 0) is 18.2 Å². The number of aromatic hydroxyl groups is 1. The minimum absolute atomic E-state index is 0.185. The highest BCUT2D eigenvalue weighted by Gasteiger charge is 2.33. The number of ether oxygens (including phenoxy) is 1. The van der Waals surface area contributed by atoms with E-state index in [0.29, 0.717) is 0 Å². The number of benzene rings is 2. The number of alkyl halides is 3. The molecule has 2 rings (SSSR count). The van der Waals surface area contributed by atoms with Crippen LogP contribution in [0.1, 0.15) is 15.9 Å². The minimum Gasteiger partial charge on any atom is -0.507 e. The van der Waals surface area contributed by atoms with Crippen LogP contribution in [0.25, 0.3) is 11.1 Å². The van der Waals surface area contributed by atoms with E-state index >= 15 is 0 Å². The maximum Gasteiger partial charge on any atom is 0.573 e. The first-order valence-corrected chi connectivity index (χ1v) is 6.89. The molecular weight excluding hydrogens is 353 g/mol. The van der Waals surface area contributed by atoms with Crippen LogP contribution in [0.3, 0.4) is 0 Å². The zero-order valence-corrected chi connectivity index (χ0v) is 12.9. The summed E-state index contributed by atoms with van der Waals surface area (Å²) in [4.78, 5) is 15.5. The third-order valence-electron chi connectivity index (χ3n) is 3.13. The Morgan fingerprint density at radius 1 is 1.19 bits per heavy atom. The lowest BCUT2D eigenvalue weighted by Gasteiger charge is -2.16. The van der Waals surface area contributed by atoms with Gasteiger partial charge in [0.1, 0.15) is 11.5 Å². The lowest BCUT2D eigenvalue weighted by atomic mass is 9.93. The van der Waals surface area contributed by atoms with E-state index in [0.717, 1.165) is 18.2 Å². The predicted molar refractivity (Wildman–Crippen MR) is 85.1 cm³/mol. The Balaban J connectivity index is 2.82. The SMILES string of the molecule is N#Cc1ccc(O)c(C(=O)N=C(N)N)c1-c1ccccc1OC(F)(F)F. The average molecular weight is 364 g/mol. The molecule has 0 spiro atoms. The molecular formula is C16H11F3N4O3. The molecule has 0 aliphatic heterocycles. The van der Waals surface area contributed by atoms with E-state index in [2.05, 4.69) is 9.73 Å². The molecule has 26 heavy (non-hydrogen) atoms. The zero-order valence-electron chi connectivity index (χ0n) is 12.9. The fourth-order valence-electron chi connectivity index (χ4n) is 2.24. The standard InChI is InChI=1S/C16H11F3N4O3/c17-16(18,19)26-11-4-2-1-3-9(11)12-8(7-20)5-6-10(24)13(12)14(25)23-15(21)22/h1-6,24H,(H4,21,22,23,25). The van der Waals surface area contributed by atoms with Gasteiger partial charge >= 0.3 is 6.36 Å². The molecule has 1 amide bonds. The number of hydrogen-bond donors (Lipinski definition) is 3. The lowest BCUT2D eigenvalue weighted by molar-refractivity contribution is -0.274. The normalized spacial score (nSPS) is 10.7. The lowest BCUT2D eigenvalue weighted by Crippen LogP contribution is -2.24. The van der Waals surface area contributed by atoms with Gasteiger partial charge in [0.05, 0.1) is 17.2 Å². The van der Waals surface area contributed by atoms with Crippen LogP contribution in [0, 0.1) is 11.3 Å². The van der Waals surface area contributed by atoms with Crippen molar-refractivity contribution >= 4 is 11.9 Å². The molecule has 0 saturated heterocycles. The molecule has 0 heterocycles. The number of nitrogens with zero attached hydrogens (tertiary/aromatic N) is 2. The van der Waals surface area contributed by atoms with E-state index in [1.165, 1.54) is 18.2 Å². The van der Waals surface area contributed by atoms with Gasteiger partial charge in [-0.25, -0.2) is 0 Å². The molecule has 5 N–H and O–H groups in total. The van der Waals surface area contributed by atoms with Crippen molar-refractivity contribution in [3.63, 3.8) is 0 Å². The van der Waals surface area contributed by atoms with Crippen LogP contribution < -0.4 is 16.2 Å². The number of amides is 1. The van der Waals surface area contributed by atoms with Gasteiger partial charge in [0.2, 0.25) is 0 Å². The number of para-hydroxylation sites is 1. The summed E-state index contributed by atoms with van der Waals surface area (Å²) in [5.74, 6) is -3.03. The Morgan fingerprint density at radius 2 is 1.85 bits per heavy atom. The van der Waals surface area contributed by atoms with E-state index in [4.69, 9.17) is 11.5 Å². The number of guanidine groups is 1. The van der Waals surface area contributed by atoms with E-state index in [1.54, 1.807) is 6.07 Å². The predicted octanol–water partition coefficient (Wildman–Crippen LogP) is 2.24. The van der Waals surface area contributed by atoms with Crippen LogP contribution in [0.2, 0.25) is 0 Å². The molecule has 10 heteroatoms. The summed E-state index contributed by atoms with van der Waals surface area (Å²) in [7, 11) is 0. The van der Waals surface area contributed by atoms with Crippen molar-refractivity contribution in [2.45, 2.75) is 6.36 Å². The number of hydrogen-bond acceptors (Lipinski definition) is 4. The molecule has 0 aromatic heterocycles. The van der Waals surface area contributed by atoms with Crippen LogP contribution in [0.4, 0.5) is 13.2 Å². The second-order valence-electron chi connectivity index (χ2n) is 4.88. The van der Waals surface area contributed by atoms with Crippen LogP contribution in [-0.4, -0.2) is 23.3 Å². The van der Waals surface area contributed by atoms with Crippen LogP contribution in [-0.2, 0) is 0 Å². The molecule has 0 saturated carbocycles. The largest absolute Gasteiger partial charge is 0.573 e. The van der Waals surface area contributed by atoms with Crippen LogP contribution >= 0.6 is 0 Å². The minimum atomic E-state index is -5.01. The van der Waals surface area contributed by atoms with Crippen LogP contribution in [0.5, 0.6) is 11.5 Å². The van der Waals surface area contributed by atoms with E-state index in [1.807, 2.05) is 0 Å². The Kier molecular flexibility index (Phi) is 5.02. The second-order valence-corrected chi connectivity index (χ2v) is 4.88. The third kappa shape index (κ3) is 4.02. The second kappa shape index (κ2) is 7.02. The van der Waals surface area contributed by atoms with E-state index in [9.17, 15) is 28.3 Å². The molecule has 0 atom stereocenters. The maximum atomic E-state index is 12.7. The van der Waals surface area contributed by atoms with Crippen molar-refractivity contribution in [3.05, 3.63) is 47.5 Å². The first-order chi connectivity index (χ1) is 12.1. The van der Waals surface area contributed by atoms with Crippen molar-refractivity contribution in [2.24, 2.45) is 16.5 Å². The third-order valence-corrected chi connectivity index (χ3v) is 3.13. The molecule has 0 aliphatic carbocycles. The van der Waals surface area contributed by atoms with Gasteiger partial charge in [0.25, 0.3) is 5.91 Å².